The Morgan fingerprint density at radius 3 is 2.95 bits per heavy atom. The molecule has 6 nitrogen and oxygen atoms in total. The maximum atomic E-state index is 13.7. The molecule has 1 fully saturated rings. The van der Waals surface area contributed by atoms with Gasteiger partial charge in [-0.15, -0.1) is 0 Å². The molecule has 0 aliphatic carbocycles. The van der Waals surface area contributed by atoms with Crippen LogP contribution in [0, 0.1) is 5.82 Å². The molecule has 21 heavy (non-hydrogen) atoms. The van der Waals surface area contributed by atoms with Gasteiger partial charge in [0.05, 0.1) is 25.0 Å². The molecule has 1 aromatic rings. The summed E-state index contributed by atoms with van der Waals surface area (Å²) in [6.45, 7) is 4.34. The first-order chi connectivity index (χ1) is 10.0. The molecule has 1 aromatic heterocycles. The van der Waals surface area contributed by atoms with E-state index in [1.807, 2.05) is 13.8 Å². The number of amides is 2. The summed E-state index contributed by atoms with van der Waals surface area (Å²) < 4.78 is 19.0. The fourth-order valence-electron chi connectivity index (χ4n) is 2.15. The van der Waals surface area contributed by atoms with E-state index in [-0.39, 0.29) is 30.7 Å². The van der Waals surface area contributed by atoms with Gasteiger partial charge in [0.25, 0.3) is 5.91 Å². The van der Waals surface area contributed by atoms with E-state index in [1.54, 1.807) is 0 Å². The third-order valence-corrected chi connectivity index (χ3v) is 3.13. The van der Waals surface area contributed by atoms with Gasteiger partial charge >= 0.3 is 0 Å². The van der Waals surface area contributed by atoms with Crippen LogP contribution in [-0.4, -0.2) is 53.5 Å². The number of carbonyl (C=O) groups is 2. The molecule has 0 radical (unpaired) electrons. The molecule has 1 saturated heterocycles. The van der Waals surface area contributed by atoms with Gasteiger partial charge in [0.15, 0.2) is 5.82 Å². The number of ether oxygens (including phenoxy) is 1. The molecule has 0 saturated carbocycles. The highest BCUT2D eigenvalue weighted by atomic mass is 19.1. The summed E-state index contributed by atoms with van der Waals surface area (Å²) in [6.07, 6.45) is 2.33. The Bertz CT molecular complexity index is 536. The van der Waals surface area contributed by atoms with Crippen molar-refractivity contribution in [3.8, 4) is 0 Å². The molecule has 0 aromatic carbocycles. The van der Waals surface area contributed by atoms with Crippen molar-refractivity contribution in [3.63, 3.8) is 0 Å². The van der Waals surface area contributed by atoms with Crippen LogP contribution in [-0.2, 0) is 9.53 Å². The van der Waals surface area contributed by atoms with Crippen LogP contribution in [0.1, 0.15) is 24.2 Å². The van der Waals surface area contributed by atoms with Crippen molar-refractivity contribution >= 4 is 11.8 Å². The summed E-state index contributed by atoms with van der Waals surface area (Å²) in [4.78, 5) is 29.6. The molecule has 2 heterocycles. The van der Waals surface area contributed by atoms with Crippen molar-refractivity contribution in [1.82, 2.24) is 15.2 Å². The molecule has 1 aliphatic heterocycles. The predicted molar refractivity (Wildman–Crippen MR) is 73.1 cm³/mol. The molecule has 1 atom stereocenters. The molecule has 114 valence electrons. The highest BCUT2D eigenvalue weighted by Gasteiger charge is 2.34. The first kappa shape index (κ1) is 15.4. The van der Waals surface area contributed by atoms with E-state index in [1.165, 1.54) is 17.2 Å². The number of hydrogen-bond donors (Lipinski definition) is 1. The number of rotatable bonds is 3. The predicted octanol–water partition coefficient (Wildman–Crippen LogP) is 0.586. The van der Waals surface area contributed by atoms with Gasteiger partial charge in [-0.3, -0.25) is 14.6 Å². The molecule has 7 heteroatoms. The molecule has 1 unspecified atom stereocenters. The van der Waals surface area contributed by atoms with Crippen molar-refractivity contribution in [3.05, 3.63) is 29.8 Å². The zero-order valence-electron chi connectivity index (χ0n) is 12.0. The summed E-state index contributed by atoms with van der Waals surface area (Å²) >= 11 is 0. The highest BCUT2D eigenvalue weighted by molar-refractivity contribution is 5.97. The Hall–Kier alpha value is -2.02. The Kier molecular flexibility index (Phi) is 4.85. The number of morpholine rings is 1. The topological polar surface area (TPSA) is 71.5 Å². The van der Waals surface area contributed by atoms with Crippen LogP contribution in [0.4, 0.5) is 4.39 Å². The van der Waals surface area contributed by atoms with E-state index < -0.39 is 17.8 Å². The summed E-state index contributed by atoms with van der Waals surface area (Å²) in [5, 5.41) is 2.74. The fourth-order valence-corrected chi connectivity index (χ4v) is 2.15. The molecule has 1 aliphatic rings. The van der Waals surface area contributed by atoms with Gasteiger partial charge in [-0.1, -0.05) is 0 Å². The van der Waals surface area contributed by atoms with Crippen LogP contribution in [0.3, 0.4) is 0 Å². The van der Waals surface area contributed by atoms with Crippen LogP contribution in [0.15, 0.2) is 18.5 Å². The number of pyridine rings is 1. The van der Waals surface area contributed by atoms with Gasteiger partial charge in [-0.05, 0) is 19.9 Å². The van der Waals surface area contributed by atoms with Gasteiger partial charge in [0.1, 0.15) is 6.04 Å². The minimum atomic E-state index is -0.749. The van der Waals surface area contributed by atoms with Crippen LogP contribution < -0.4 is 5.32 Å². The summed E-state index contributed by atoms with van der Waals surface area (Å²) in [7, 11) is 0. The van der Waals surface area contributed by atoms with Crippen LogP contribution in [0.2, 0.25) is 0 Å². The SMILES string of the molecule is CC(C)NC(=O)C1COCCN1C(=O)c1ccncc1F. The van der Waals surface area contributed by atoms with Crippen LogP contribution in [0.5, 0.6) is 0 Å². The summed E-state index contributed by atoms with van der Waals surface area (Å²) in [5.74, 6) is -1.52. The molecule has 0 bridgehead atoms. The Balaban J connectivity index is 2.20. The zero-order chi connectivity index (χ0) is 15.4. The average Bonchev–Trinajstić information content (AvgIpc) is 2.46. The van der Waals surface area contributed by atoms with E-state index in [4.69, 9.17) is 4.74 Å². The third kappa shape index (κ3) is 3.55. The second-order valence-electron chi connectivity index (χ2n) is 5.11. The van der Waals surface area contributed by atoms with E-state index in [0.29, 0.717) is 6.61 Å². The lowest BCUT2D eigenvalue weighted by Crippen LogP contribution is -2.56. The molecule has 1 N–H and O–H groups in total. The number of halogens is 1. The second-order valence-corrected chi connectivity index (χ2v) is 5.11. The minimum absolute atomic E-state index is 0.0472. The van der Waals surface area contributed by atoms with Gasteiger partial charge in [-0.25, -0.2) is 4.39 Å². The van der Waals surface area contributed by atoms with Gasteiger partial charge in [-0.2, -0.15) is 0 Å². The summed E-state index contributed by atoms with van der Waals surface area (Å²) in [6, 6.07) is 0.514. The van der Waals surface area contributed by atoms with E-state index >= 15 is 0 Å². The first-order valence-corrected chi connectivity index (χ1v) is 6.79. The molecular weight excluding hydrogens is 277 g/mol. The van der Waals surface area contributed by atoms with Crippen molar-refractivity contribution in [2.24, 2.45) is 0 Å². The maximum absolute atomic E-state index is 13.7. The Labute approximate surface area is 122 Å². The minimum Gasteiger partial charge on any atom is -0.377 e. The van der Waals surface area contributed by atoms with Gasteiger partial charge in [0.2, 0.25) is 5.91 Å². The number of nitrogens with one attached hydrogen (secondary N) is 1. The van der Waals surface area contributed by atoms with E-state index in [9.17, 15) is 14.0 Å². The number of nitrogens with zero attached hydrogens (tertiary/aromatic N) is 2. The Morgan fingerprint density at radius 1 is 1.52 bits per heavy atom. The lowest BCUT2D eigenvalue weighted by molar-refractivity contribution is -0.131. The smallest absolute Gasteiger partial charge is 0.257 e. The van der Waals surface area contributed by atoms with Crippen molar-refractivity contribution in [2.75, 3.05) is 19.8 Å². The highest BCUT2D eigenvalue weighted by Crippen LogP contribution is 2.15. The fraction of sp³-hybridized carbons (Fsp3) is 0.500. The van der Waals surface area contributed by atoms with E-state index in [0.717, 1.165) is 6.20 Å². The monoisotopic (exact) mass is 295 g/mol. The van der Waals surface area contributed by atoms with Crippen molar-refractivity contribution < 1.29 is 18.7 Å². The lowest BCUT2D eigenvalue weighted by atomic mass is 10.1. The first-order valence-electron chi connectivity index (χ1n) is 6.79. The summed E-state index contributed by atoms with van der Waals surface area (Å²) in [5.41, 5.74) is -0.0887. The normalized spacial score (nSPS) is 18.7. The molecule has 0 spiro atoms. The van der Waals surface area contributed by atoms with Crippen LogP contribution in [0.25, 0.3) is 0 Å². The maximum Gasteiger partial charge on any atom is 0.257 e. The standard InChI is InChI=1S/C14H18FN3O3/c1-9(2)17-13(19)12-8-21-6-5-18(12)14(20)10-3-4-16-7-11(10)15/h3-4,7,9,12H,5-6,8H2,1-2H3,(H,17,19). The van der Waals surface area contributed by atoms with Crippen LogP contribution >= 0.6 is 0 Å². The second kappa shape index (κ2) is 6.62. The van der Waals surface area contributed by atoms with E-state index in [2.05, 4.69) is 10.3 Å². The molecule has 2 rings (SSSR count). The average molecular weight is 295 g/mol. The van der Waals surface area contributed by atoms with Crippen molar-refractivity contribution in [2.45, 2.75) is 25.9 Å². The third-order valence-electron chi connectivity index (χ3n) is 3.13. The molecule has 2 amide bonds. The largest absolute Gasteiger partial charge is 0.377 e. The van der Waals surface area contributed by atoms with Gasteiger partial charge < -0.3 is 15.0 Å². The number of hydrogen-bond acceptors (Lipinski definition) is 4. The Morgan fingerprint density at radius 2 is 2.29 bits per heavy atom. The van der Waals surface area contributed by atoms with Crippen molar-refractivity contribution in [1.29, 1.82) is 0 Å². The lowest BCUT2D eigenvalue weighted by Gasteiger charge is -2.35. The van der Waals surface area contributed by atoms with Gasteiger partial charge in [0, 0.05) is 18.8 Å². The molecular formula is C14H18FN3O3. The quantitative estimate of drug-likeness (QED) is 0.886. The number of aromatic nitrogens is 1. The number of carbonyl (C=O) groups excluding carboxylic acids is 2. The zero-order valence-corrected chi connectivity index (χ0v) is 12.0.